The molecule has 0 aliphatic carbocycles. The number of nitrogens with two attached hydrogens (primary N) is 1. The molecule has 2 N–H and O–H groups in total. The lowest BCUT2D eigenvalue weighted by atomic mass is 10.1. The Kier molecular flexibility index (Phi) is 8.23. The Morgan fingerprint density at radius 3 is 2.26 bits per heavy atom. The molecule has 2 nitrogen and oxygen atoms in total. The predicted octanol–water partition coefficient (Wildman–Crippen LogP) is 4.20. The highest BCUT2D eigenvalue weighted by Gasteiger charge is 2.31. The van der Waals surface area contributed by atoms with Crippen molar-refractivity contribution in [1.29, 1.82) is 0 Å². The van der Waals surface area contributed by atoms with E-state index in [4.69, 9.17) is 5.73 Å². The largest absolute Gasteiger partial charge is 0.573 e. The van der Waals surface area contributed by atoms with Gasteiger partial charge in [0.15, 0.2) is 0 Å². The van der Waals surface area contributed by atoms with E-state index in [0.29, 0.717) is 13.0 Å². The minimum absolute atomic E-state index is 0.153. The fourth-order valence-corrected chi connectivity index (χ4v) is 1.63. The third-order valence-electron chi connectivity index (χ3n) is 2.26. The van der Waals surface area contributed by atoms with Gasteiger partial charge < -0.3 is 10.5 Å². The number of halogens is 3. The first-order valence-electron chi connectivity index (χ1n) is 6.47. The molecule has 0 radical (unpaired) electrons. The number of unbranched alkanes of at least 4 members (excludes halogenated alkanes) is 1. The summed E-state index contributed by atoms with van der Waals surface area (Å²) < 4.78 is 40.1. The number of benzene rings is 1. The Morgan fingerprint density at radius 1 is 1.11 bits per heavy atom. The van der Waals surface area contributed by atoms with Crippen LogP contribution in [-0.4, -0.2) is 12.9 Å². The Balaban J connectivity index is 0.00000154. The van der Waals surface area contributed by atoms with E-state index in [9.17, 15) is 13.2 Å². The number of hydrogen-bond acceptors (Lipinski definition) is 2. The molecule has 0 unspecified atom stereocenters. The van der Waals surface area contributed by atoms with E-state index < -0.39 is 6.36 Å². The van der Waals surface area contributed by atoms with Crippen LogP contribution >= 0.6 is 0 Å². The number of hydrogen-bond donors (Lipinski definition) is 1. The van der Waals surface area contributed by atoms with Crippen LogP contribution < -0.4 is 10.5 Å². The van der Waals surface area contributed by atoms with Crippen LogP contribution in [0.3, 0.4) is 0 Å². The Labute approximate surface area is 112 Å². The SMILES string of the molecule is CC.Cc1cc(CCCCN)cc(OC(F)(F)F)c1. The van der Waals surface area contributed by atoms with Gasteiger partial charge in [-0.05, 0) is 56.0 Å². The van der Waals surface area contributed by atoms with Crippen molar-refractivity contribution in [3.05, 3.63) is 29.3 Å². The molecule has 1 aromatic rings. The van der Waals surface area contributed by atoms with E-state index >= 15 is 0 Å². The van der Waals surface area contributed by atoms with Gasteiger partial charge in [0.2, 0.25) is 0 Å². The van der Waals surface area contributed by atoms with Crippen LogP contribution in [0.25, 0.3) is 0 Å². The standard InChI is InChI=1S/C12H16F3NO.C2H6/c1-9-6-10(4-2-3-5-16)8-11(7-9)17-12(13,14)15;1-2/h6-8H,2-5,16H2,1H3;1-2H3. The summed E-state index contributed by atoms with van der Waals surface area (Å²) in [6.45, 7) is 6.34. The minimum Gasteiger partial charge on any atom is -0.406 e. The molecule has 1 aromatic carbocycles. The highest BCUT2D eigenvalue weighted by Crippen LogP contribution is 2.25. The van der Waals surface area contributed by atoms with Crippen molar-refractivity contribution in [2.75, 3.05) is 6.54 Å². The number of ether oxygens (including phenoxy) is 1. The fourth-order valence-electron chi connectivity index (χ4n) is 1.63. The monoisotopic (exact) mass is 277 g/mol. The lowest BCUT2D eigenvalue weighted by Crippen LogP contribution is -2.17. The minimum atomic E-state index is -4.64. The summed E-state index contributed by atoms with van der Waals surface area (Å²) in [4.78, 5) is 0. The summed E-state index contributed by atoms with van der Waals surface area (Å²) in [5, 5.41) is 0. The van der Waals surface area contributed by atoms with Gasteiger partial charge in [-0.25, -0.2) is 0 Å². The molecule has 110 valence electrons. The van der Waals surface area contributed by atoms with Gasteiger partial charge in [-0.2, -0.15) is 0 Å². The first-order valence-corrected chi connectivity index (χ1v) is 6.47. The third kappa shape index (κ3) is 8.48. The van der Waals surface area contributed by atoms with Crippen molar-refractivity contribution < 1.29 is 17.9 Å². The van der Waals surface area contributed by atoms with Crippen LogP contribution in [-0.2, 0) is 6.42 Å². The van der Waals surface area contributed by atoms with Gasteiger partial charge in [-0.1, -0.05) is 19.9 Å². The highest BCUT2D eigenvalue weighted by molar-refractivity contribution is 5.34. The molecule has 0 aliphatic heterocycles. The summed E-state index contributed by atoms with van der Waals surface area (Å²) in [6, 6.07) is 4.66. The predicted molar refractivity (Wildman–Crippen MR) is 71.2 cm³/mol. The second-order valence-electron chi connectivity index (χ2n) is 3.95. The molecule has 0 aliphatic rings. The fraction of sp³-hybridized carbons (Fsp3) is 0.571. The molecule has 0 saturated carbocycles. The average molecular weight is 277 g/mol. The summed E-state index contributed by atoms with van der Waals surface area (Å²) in [5.74, 6) is -0.153. The third-order valence-corrected chi connectivity index (χ3v) is 2.26. The number of alkyl halides is 3. The number of rotatable bonds is 5. The van der Waals surface area contributed by atoms with E-state index in [1.165, 1.54) is 12.1 Å². The summed E-state index contributed by atoms with van der Waals surface area (Å²) >= 11 is 0. The zero-order valence-electron chi connectivity index (χ0n) is 11.7. The van der Waals surface area contributed by atoms with Crippen molar-refractivity contribution in [3.63, 3.8) is 0 Å². The molecule has 0 atom stereocenters. The van der Waals surface area contributed by atoms with Crippen molar-refractivity contribution in [2.45, 2.75) is 46.4 Å². The average Bonchev–Trinajstić information content (AvgIpc) is 2.29. The smallest absolute Gasteiger partial charge is 0.406 e. The van der Waals surface area contributed by atoms with Gasteiger partial charge in [-0.3, -0.25) is 0 Å². The highest BCUT2D eigenvalue weighted by atomic mass is 19.4. The summed E-state index contributed by atoms with van der Waals surface area (Å²) in [6.07, 6.45) is -2.19. The van der Waals surface area contributed by atoms with Gasteiger partial charge in [-0.15, -0.1) is 13.2 Å². The van der Waals surface area contributed by atoms with Gasteiger partial charge in [0.25, 0.3) is 0 Å². The quantitative estimate of drug-likeness (QED) is 0.819. The first-order chi connectivity index (χ1) is 8.90. The van der Waals surface area contributed by atoms with Gasteiger partial charge in [0, 0.05) is 0 Å². The maximum atomic E-state index is 12.1. The van der Waals surface area contributed by atoms with Crippen LogP contribution in [0.4, 0.5) is 13.2 Å². The van der Waals surface area contributed by atoms with E-state index in [1.54, 1.807) is 6.92 Å². The second-order valence-corrected chi connectivity index (χ2v) is 3.95. The molecule has 19 heavy (non-hydrogen) atoms. The maximum Gasteiger partial charge on any atom is 0.573 e. The molecule has 0 spiro atoms. The van der Waals surface area contributed by atoms with Crippen LogP contribution in [0.1, 0.15) is 37.8 Å². The Bertz CT molecular complexity index is 364. The molecule has 0 aromatic heterocycles. The lowest BCUT2D eigenvalue weighted by molar-refractivity contribution is -0.274. The van der Waals surface area contributed by atoms with E-state index in [0.717, 1.165) is 24.0 Å². The van der Waals surface area contributed by atoms with Gasteiger partial charge in [0.1, 0.15) is 5.75 Å². The van der Waals surface area contributed by atoms with Gasteiger partial charge >= 0.3 is 6.36 Å². The van der Waals surface area contributed by atoms with Crippen LogP contribution in [0, 0.1) is 6.92 Å². The second kappa shape index (κ2) is 8.80. The normalized spacial score (nSPS) is 10.7. The molecule has 0 fully saturated rings. The van der Waals surface area contributed by atoms with Crippen LogP contribution in [0.2, 0.25) is 0 Å². The summed E-state index contributed by atoms with van der Waals surface area (Å²) in [5.41, 5.74) is 6.97. The maximum absolute atomic E-state index is 12.1. The molecule has 0 heterocycles. The topological polar surface area (TPSA) is 35.2 Å². The Hall–Kier alpha value is -1.23. The summed E-state index contributed by atoms with van der Waals surface area (Å²) in [7, 11) is 0. The van der Waals surface area contributed by atoms with Gasteiger partial charge in [0.05, 0.1) is 0 Å². The van der Waals surface area contributed by atoms with Crippen molar-refractivity contribution in [2.24, 2.45) is 5.73 Å². The molecular formula is C14H22F3NO. The first kappa shape index (κ1) is 17.8. The van der Waals surface area contributed by atoms with Crippen molar-refractivity contribution >= 4 is 0 Å². The van der Waals surface area contributed by atoms with Crippen molar-refractivity contribution in [3.8, 4) is 5.75 Å². The zero-order chi connectivity index (χ0) is 14.9. The van der Waals surface area contributed by atoms with Crippen LogP contribution in [0.5, 0.6) is 5.75 Å². The zero-order valence-corrected chi connectivity index (χ0v) is 11.7. The van der Waals surface area contributed by atoms with E-state index in [-0.39, 0.29) is 5.75 Å². The number of aryl methyl sites for hydroxylation is 2. The molecular weight excluding hydrogens is 255 g/mol. The Morgan fingerprint density at radius 2 is 1.74 bits per heavy atom. The molecule has 0 saturated heterocycles. The molecule has 0 bridgehead atoms. The van der Waals surface area contributed by atoms with Crippen molar-refractivity contribution in [1.82, 2.24) is 0 Å². The molecule has 0 amide bonds. The van der Waals surface area contributed by atoms with E-state index in [2.05, 4.69) is 4.74 Å². The lowest BCUT2D eigenvalue weighted by Gasteiger charge is -2.11. The van der Waals surface area contributed by atoms with E-state index in [1.807, 2.05) is 19.9 Å². The van der Waals surface area contributed by atoms with Crippen LogP contribution in [0.15, 0.2) is 18.2 Å². The molecule has 1 rings (SSSR count). The molecule has 5 heteroatoms.